The molecular weight excluding hydrogens is 354 g/mol. The van der Waals surface area contributed by atoms with Crippen LogP contribution in [0.15, 0.2) is 70.2 Å². The van der Waals surface area contributed by atoms with Crippen LogP contribution in [-0.4, -0.2) is 19.4 Å². The van der Waals surface area contributed by atoms with Gasteiger partial charge in [0, 0.05) is 11.3 Å². The summed E-state index contributed by atoms with van der Waals surface area (Å²) in [6, 6.07) is 17.5. The molecule has 0 unspecified atom stereocenters. The zero-order valence-electron chi connectivity index (χ0n) is 13.9. The van der Waals surface area contributed by atoms with E-state index in [9.17, 15) is 4.79 Å². The highest BCUT2D eigenvalue weighted by atomic mass is 35.5. The number of anilines is 1. The third-order valence-electron chi connectivity index (χ3n) is 3.45. The molecule has 1 aromatic heterocycles. The van der Waals surface area contributed by atoms with E-state index in [2.05, 4.69) is 15.8 Å². The topological polar surface area (TPSA) is 75.9 Å². The number of furan rings is 1. The van der Waals surface area contributed by atoms with Gasteiger partial charge in [-0.2, -0.15) is 5.10 Å². The van der Waals surface area contributed by atoms with Crippen LogP contribution < -0.4 is 15.5 Å². The van der Waals surface area contributed by atoms with Crippen molar-refractivity contribution in [2.75, 3.05) is 12.4 Å². The van der Waals surface area contributed by atoms with E-state index in [-0.39, 0.29) is 0 Å². The number of carbonyl (C=O) groups excluding carboxylic acids is 1. The first kappa shape index (κ1) is 17.6. The summed E-state index contributed by atoms with van der Waals surface area (Å²) in [5.74, 6) is 1.72. The van der Waals surface area contributed by atoms with E-state index >= 15 is 0 Å². The van der Waals surface area contributed by atoms with Gasteiger partial charge < -0.3 is 14.5 Å². The van der Waals surface area contributed by atoms with Gasteiger partial charge in [-0.05, 0) is 42.5 Å². The number of para-hydroxylation sites is 1. The van der Waals surface area contributed by atoms with E-state index in [4.69, 9.17) is 20.8 Å². The molecule has 2 amide bonds. The maximum Gasteiger partial charge on any atom is 0.339 e. The normalized spacial score (nSPS) is 10.7. The number of methoxy groups -OCH3 is 1. The zero-order valence-corrected chi connectivity index (χ0v) is 14.7. The van der Waals surface area contributed by atoms with Gasteiger partial charge in [0.2, 0.25) is 0 Å². The predicted octanol–water partition coefficient (Wildman–Crippen LogP) is 4.76. The largest absolute Gasteiger partial charge is 0.495 e. The molecule has 2 aromatic carbocycles. The van der Waals surface area contributed by atoms with Crippen LogP contribution in [0.1, 0.15) is 5.76 Å². The van der Waals surface area contributed by atoms with Crippen molar-refractivity contribution in [2.24, 2.45) is 5.10 Å². The second-order valence-corrected chi connectivity index (χ2v) is 5.65. The molecule has 0 spiro atoms. The average Bonchev–Trinajstić information content (AvgIpc) is 3.11. The van der Waals surface area contributed by atoms with Gasteiger partial charge in [0.15, 0.2) is 0 Å². The Hall–Kier alpha value is -3.25. The smallest absolute Gasteiger partial charge is 0.339 e. The summed E-state index contributed by atoms with van der Waals surface area (Å²) in [6.07, 6.45) is 1.42. The van der Waals surface area contributed by atoms with Gasteiger partial charge in [-0.1, -0.05) is 29.8 Å². The molecule has 0 radical (unpaired) electrons. The minimum absolute atomic E-state index is 0.443. The minimum atomic E-state index is -0.443. The number of hydrogen-bond acceptors (Lipinski definition) is 4. The Bertz CT molecular complexity index is 923. The van der Waals surface area contributed by atoms with E-state index in [0.717, 1.165) is 5.56 Å². The Morgan fingerprint density at radius 1 is 1.15 bits per heavy atom. The Balaban J connectivity index is 1.60. The quantitative estimate of drug-likeness (QED) is 0.502. The van der Waals surface area contributed by atoms with Crippen molar-refractivity contribution in [3.05, 3.63) is 71.4 Å². The number of hydrazone groups is 1. The summed E-state index contributed by atoms with van der Waals surface area (Å²) in [4.78, 5) is 11.7. The van der Waals surface area contributed by atoms with Crippen LogP contribution in [0.25, 0.3) is 11.3 Å². The fraction of sp³-hybridized carbons (Fsp3) is 0.0526. The van der Waals surface area contributed by atoms with Crippen molar-refractivity contribution in [2.45, 2.75) is 0 Å². The van der Waals surface area contributed by atoms with Crippen LogP contribution in [-0.2, 0) is 0 Å². The lowest BCUT2D eigenvalue weighted by Crippen LogP contribution is -2.24. The number of hydrogen-bond donors (Lipinski definition) is 2. The minimum Gasteiger partial charge on any atom is -0.495 e. The van der Waals surface area contributed by atoms with E-state index in [0.29, 0.717) is 28.0 Å². The molecule has 3 aromatic rings. The van der Waals surface area contributed by atoms with Gasteiger partial charge in [-0.15, -0.1) is 0 Å². The van der Waals surface area contributed by atoms with Crippen molar-refractivity contribution in [1.29, 1.82) is 0 Å². The molecule has 0 saturated carbocycles. The standard InChI is InChI=1S/C19H16ClN3O3/c1-25-18-9-7-13(11-16(18)20)17-10-8-15(26-17)12-21-23-19(24)22-14-5-3-2-4-6-14/h2-12H,1H3,(H2,22,23,24). The molecule has 0 atom stereocenters. The lowest BCUT2D eigenvalue weighted by Gasteiger charge is -2.04. The highest BCUT2D eigenvalue weighted by molar-refractivity contribution is 6.32. The molecule has 2 N–H and O–H groups in total. The first-order chi connectivity index (χ1) is 12.7. The lowest BCUT2D eigenvalue weighted by atomic mass is 10.2. The molecule has 132 valence electrons. The maximum absolute atomic E-state index is 11.7. The molecule has 0 aliphatic rings. The number of ether oxygens (including phenoxy) is 1. The van der Waals surface area contributed by atoms with Gasteiger partial charge in [0.05, 0.1) is 18.3 Å². The number of urea groups is 1. The Labute approximate surface area is 155 Å². The SMILES string of the molecule is COc1ccc(-c2ccc(C=NNC(=O)Nc3ccccc3)o2)cc1Cl. The number of halogens is 1. The highest BCUT2D eigenvalue weighted by Gasteiger charge is 2.07. The van der Waals surface area contributed by atoms with Crippen molar-refractivity contribution < 1.29 is 13.9 Å². The Morgan fingerprint density at radius 2 is 1.96 bits per heavy atom. The third-order valence-corrected chi connectivity index (χ3v) is 3.75. The van der Waals surface area contributed by atoms with E-state index in [1.165, 1.54) is 6.21 Å². The number of benzene rings is 2. The van der Waals surface area contributed by atoms with Gasteiger partial charge in [0.25, 0.3) is 0 Å². The van der Waals surface area contributed by atoms with Crippen LogP contribution in [0.2, 0.25) is 5.02 Å². The van der Waals surface area contributed by atoms with Gasteiger partial charge in [-0.25, -0.2) is 10.2 Å². The summed E-state index contributed by atoms with van der Waals surface area (Å²) in [6.45, 7) is 0. The van der Waals surface area contributed by atoms with Crippen LogP contribution in [0.5, 0.6) is 5.75 Å². The van der Waals surface area contributed by atoms with Gasteiger partial charge in [0.1, 0.15) is 17.3 Å². The summed E-state index contributed by atoms with van der Waals surface area (Å²) in [5, 5.41) is 7.01. The van der Waals surface area contributed by atoms with Gasteiger partial charge in [-0.3, -0.25) is 0 Å². The van der Waals surface area contributed by atoms with Crippen molar-refractivity contribution >= 4 is 29.5 Å². The molecule has 6 nitrogen and oxygen atoms in total. The van der Waals surface area contributed by atoms with Crippen molar-refractivity contribution in [1.82, 2.24) is 5.43 Å². The molecule has 7 heteroatoms. The van der Waals surface area contributed by atoms with Crippen LogP contribution in [0, 0.1) is 0 Å². The fourth-order valence-electron chi connectivity index (χ4n) is 2.23. The molecule has 0 aliphatic heterocycles. The number of rotatable bonds is 5. The molecule has 0 aliphatic carbocycles. The lowest BCUT2D eigenvalue weighted by molar-refractivity contribution is 0.252. The van der Waals surface area contributed by atoms with Crippen LogP contribution >= 0.6 is 11.6 Å². The first-order valence-electron chi connectivity index (χ1n) is 7.74. The molecule has 3 rings (SSSR count). The van der Waals surface area contributed by atoms with E-state index < -0.39 is 6.03 Å². The molecule has 0 bridgehead atoms. The molecular formula is C19H16ClN3O3. The summed E-state index contributed by atoms with van der Waals surface area (Å²) >= 11 is 6.12. The molecule has 26 heavy (non-hydrogen) atoms. The Kier molecular flexibility index (Phi) is 5.56. The second-order valence-electron chi connectivity index (χ2n) is 5.24. The number of carbonyl (C=O) groups is 1. The predicted molar refractivity (Wildman–Crippen MR) is 102 cm³/mol. The average molecular weight is 370 g/mol. The van der Waals surface area contributed by atoms with Crippen LogP contribution in [0.4, 0.5) is 10.5 Å². The fourth-order valence-corrected chi connectivity index (χ4v) is 2.49. The number of amides is 2. The monoisotopic (exact) mass is 369 g/mol. The highest BCUT2D eigenvalue weighted by Crippen LogP contribution is 2.30. The summed E-state index contributed by atoms with van der Waals surface area (Å²) in [5.41, 5.74) is 3.86. The summed E-state index contributed by atoms with van der Waals surface area (Å²) < 4.78 is 10.8. The molecule has 1 heterocycles. The third kappa shape index (κ3) is 4.43. The van der Waals surface area contributed by atoms with Gasteiger partial charge >= 0.3 is 6.03 Å². The summed E-state index contributed by atoms with van der Waals surface area (Å²) in [7, 11) is 1.56. The van der Waals surface area contributed by atoms with E-state index in [1.807, 2.05) is 24.3 Å². The number of nitrogens with zero attached hydrogens (tertiary/aromatic N) is 1. The molecule has 0 fully saturated rings. The van der Waals surface area contributed by atoms with Crippen molar-refractivity contribution in [3.8, 4) is 17.1 Å². The Morgan fingerprint density at radius 3 is 2.69 bits per heavy atom. The van der Waals surface area contributed by atoms with Crippen molar-refractivity contribution in [3.63, 3.8) is 0 Å². The van der Waals surface area contributed by atoms with E-state index in [1.54, 1.807) is 43.5 Å². The molecule has 0 saturated heterocycles. The second kappa shape index (κ2) is 8.22. The first-order valence-corrected chi connectivity index (χ1v) is 8.12. The maximum atomic E-state index is 11.7. The number of nitrogens with one attached hydrogen (secondary N) is 2. The zero-order chi connectivity index (χ0) is 18.4. The van der Waals surface area contributed by atoms with Crippen LogP contribution in [0.3, 0.4) is 0 Å².